The second-order valence-electron chi connectivity index (χ2n) is 3.22. The van der Waals surface area contributed by atoms with E-state index in [1.54, 1.807) is 0 Å². The highest BCUT2D eigenvalue weighted by Gasteiger charge is 2.07. The summed E-state index contributed by atoms with van der Waals surface area (Å²) in [6, 6.07) is 0. The smallest absolute Gasteiger partial charge is 0.211 e. The lowest BCUT2D eigenvalue weighted by molar-refractivity contribution is 0.199. The van der Waals surface area contributed by atoms with Crippen LogP contribution in [0.4, 0.5) is 0 Å². The third-order valence-electron chi connectivity index (χ3n) is 1.83. The van der Waals surface area contributed by atoms with E-state index in [1.165, 1.54) is 7.11 Å². The zero-order valence-corrected chi connectivity index (χ0v) is 10.2. The van der Waals surface area contributed by atoms with E-state index in [1.807, 2.05) is 0 Å². The van der Waals surface area contributed by atoms with Gasteiger partial charge in [-0.15, -0.1) is 0 Å². The topological polar surface area (TPSA) is 104 Å². The van der Waals surface area contributed by atoms with E-state index >= 15 is 0 Å². The molecule has 0 amide bonds. The monoisotopic (exact) mass is 250 g/mol. The van der Waals surface area contributed by atoms with Gasteiger partial charge in [-0.25, -0.2) is 13.1 Å². The molecule has 0 bridgehead atoms. The van der Waals surface area contributed by atoms with Crippen LogP contribution < -0.4 is 4.72 Å². The van der Waals surface area contributed by atoms with Crippen LogP contribution in [0.15, 0.2) is 5.11 Å². The molecule has 0 saturated carbocycles. The predicted molar refractivity (Wildman–Crippen MR) is 61.5 cm³/mol. The molecule has 7 nitrogen and oxygen atoms in total. The minimum Gasteiger partial charge on any atom is -0.385 e. The molecule has 0 aromatic heterocycles. The molecule has 0 aromatic carbocycles. The number of hydrogen-bond donors (Lipinski definition) is 1. The number of nitrogens with one attached hydrogen (secondary N) is 1. The second-order valence-corrected chi connectivity index (χ2v) is 5.15. The van der Waals surface area contributed by atoms with Gasteiger partial charge in [0.1, 0.15) is 0 Å². The number of hydrogen-bond acceptors (Lipinski definition) is 4. The Morgan fingerprint density at radius 3 is 2.75 bits per heavy atom. The van der Waals surface area contributed by atoms with Crippen molar-refractivity contribution in [3.63, 3.8) is 0 Å². The van der Waals surface area contributed by atoms with Gasteiger partial charge in [-0.1, -0.05) is 5.11 Å². The molecule has 16 heavy (non-hydrogen) atoms. The summed E-state index contributed by atoms with van der Waals surface area (Å²) in [4.78, 5) is 2.60. The Hall–Kier alpha value is -0.820. The SMILES string of the molecule is COCCCS(=O)(=O)NCCCCN=[N+]=[N-]. The van der Waals surface area contributed by atoms with Crippen molar-refractivity contribution in [2.45, 2.75) is 19.3 Å². The fraction of sp³-hybridized carbons (Fsp3) is 1.00. The summed E-state index contributed by atoms with van der Waals surface area (Å²) in [5.41, 5.74) is 8.01. The Kier molecular flexibility index (Phi) is 8.93. The Balaban J connectivity index is 3.54. The van der Waals surface area contributed by atoms with Gasteiger partial charge in [-0.2, -0.15) is 0 Å². The maximum Gasteiger partial charge on any atom is 0.211 e. The first-order valence-electron chi connectivity index (χ1n) is 5.09. The number of ether oxygens (including phenoxy) is 1. The van der Waals surface area contributed by atoms with Crippen LogP contribution in [-0.4, -0.2) is 41.0 Å². The number of rotatable bonds is 10. The van der Waals surface area contributed by atoms with Gasteiger partial charge in [0, 0.05) is 31.7 Å². The number of nitrogens with zero attached hydrogens (tertiary/aromatic N) is 3. The molecule has 0 saturated heterocycles. The van der Waals surface area contributed by atoms with Crippen molar-refractivity contribution < 1.29 is 13.2 Å². The molecule has 0 heterocycles. The van der Waals surface area contributed by atoms with Crippen LogP contribution in [0.1, 0.15) is 19.3 Å². The van der Waals surface area contributed by atoms with Crippen LogP contribution >= 0.6 is 0 Å². The molecule has 0 aliphatic carbocycles. The van der Waals surface area contributed by atoms with E-state index in [4.69, 9.17) is 10.3 Å². The van der Waals surface area contributed by atoms with Crippen molar-refractivity contribution in [2.24, 2.45) is 5.11 Å². The highest BCUT2D eigenvalue weighted by atomic mass is 32.2. The summed E-state index contributed by atoms with van der Waals surface area (Å²) in [6.07, 6.45) is 1.84. The minimum absolute atomic E-state index is 0.0805. The van der Waals surface area contributed by atoms with E-state index in [2.05, 4.69) is 14.7 Å². The van der Waals surface area contributed by atoms with Crippen molar-refractivity contribution in [2.75, 3.05) is 32.6 Å². The number of methoxy groups -OCH3 is 1. The first kappa shape index (κ1) is 15.2. The maximum atomic E-state index is 11.3. The molecule has 0 spiro atoms. The Bertz CT molecular complexity index is 311. The van der Waals surface area contributed by atoms with Gasteiger partial charge >= 0.3 is 0 Å². The lowest BCUT2D eigenvalue weighted by Crippen LogP contribution is -2.27. The summed E-state index contributed by atoms with van der Waals surface area (Å²) in [5.74, 6) is 0.0805. The average molecular weight is 250 g/mol. The Labute approximate surface area is 95.9 Å². The molecule has 8 heteroatoms. The van der Waals surface area contributed by atoms with E-state index < -0.39 is 10.0 Å². The molecule has 0 radical (unpaired) electrons. The van der Waals surface area contributed by atoms with E-state index in [-0.39, 0.29) is 5.75 Å². The summed E-state index contributed by atoms with van der Waals surface area (Å²) in [6.45, 7) is 1.23. The molecule has 0 aromatic rings. The zero-order valence-electron chi connectivity index (χ0n) is 9.42. The lowest BCUT2D eigenvalue weighted by atomic mass is 10.3. The first-order chi connectivity index (χ1) is 7.62. The number of unbranched alkanes of at least 4 members (excludes halogenated alkanes) is 1. The molecular formula is C8H18N4O3S. The van der Waals surface area contributed by atoms with Crippen molar-refractivity contribution >= 4 is 10.0 Å². The molecule has 0 atom stereocenters. The maximum absolute atomic E-state index is 11.3. The molecule has 0 fully saturated rings. The van der Waals surface area contributed by atoms with Crippen molar-refractivity contribution in [1.82, 2.24) is 4.72 Å². The second kappa shape index (κ2) is 9.41. The largest absolute Gasteiger partial charge is 0.385 e. The molecule has 94 valence electrons. The van der Waals surface area contributed by atoms with Gasteiger partial charge in [0.05, 0.1) is 5.75 Å². The summed E-state index contributed by atoms with van der Waals surface area (Å²) in [7, 11) is -1.64. The molecule has 1 N–H and O–H groups in total. The highest BCUT2D eigenvalue weighted by molar-refractivity contribution is 7.89. The van der Waals surface area contributed by atoms with Gasteiger partial charge in [0.15, 0.2) is 0 Å². The van der Waals surface area contributed by atoms with Crippen molar-refractivity contribution in [3.8, 4) is 0 Å². The van der Waals surface area contributed by atoms with Gasteiger partial charge in [0.25, 0.3) is 0 Å². The normalized spacial score (nSPS) is 11.1. The van der Waals surface area contributed by atoms with Crippen molar-refractivity contribution in [3.05, 3.63) is 10.4 Å². The quantitative estimate of drug-likeness (QED) is 0.271. The van der Waals surface area contributed by atoms with E-state index in [0.717, 1.165) is 0 Å². The van der Waals surface area contributed by atoms with Crippen LogP contribution in [0.5, 0.6) is 0 Å². The van der Waals surface area contributed by atoms with Crippen LogP contribution in [0.2, 0.25) is 0 Å². The Morgan fingerprint density at radius 2 is 2.12 bits per heavy atom. The van der Waals surface area contributed by atoms with E-state index in [9.17, 15) is 8.42 Å². The van der Waals surface area contributed by atoms with Crippen LogP contribution in [0.3, 0.4) is 0 Å². The summed E-state index contributed by atoms with van der Waals surface area (Å²) in [5, 5.41) is 3.35. The van der Waals surface area contributed by atoms with Crippen LogP contribution in [0, 0.1) is 0 Å². The fourth-order valence-electron chi connectivity index (χ4n) is 1.05. The third-order valence-corrected chi connectivity index (χ3v) is 3.30. The molecular weight excluding hydrogens is 232 g/mol. The predicted octanol–water partition coefficient (Wildman–Crippen LogP) is 1.03. The van der Waals surface area contributed by atoms with E-state index in [0.29, 0.717) is 39.0 Å². The van der Waals surface area contributed by atoms with Crippen LogP contribution in [0.25, 0.3) is 10.4 Å². The van der Waals surface area contributed by atoms with Gasteiger partial charge in [0.2, 0.25) is 10.0 Å². The van der Waals surface area contributed by atoms with Gasteiger partial charge in [-0.05, 0) is 24.8 Å². The number of azide groups is 1. The number of sulfonamides is 1. The van der Waals surface area contributed by atoms with Gasteiger partial charge < -0.3 is 4.74 Å². The Morgan fingerprint density at radius 1 is 1.38 bits per heavy atom. The molecule has 0 rings (SSSR count). The first-order valence-corrected chi connectivity index (χ1v) is 6.75. The molecule has 0 unspecified atom stereocenters. The summed E-state index contributed by atoms with van der Waals surface area (Å²) < 4.78 is 29.9. The van der Waals surface area contributed by atoms with Crippen LogP contribution in [-0.2, 0) is 14.8 Å². The standard InChI is InChI=1S/C8H18N4O3S/c1-15-7-4-8-16(13,14)11-6-3-2-5-10-12-9/h11H,2-8H2,1H3. The van der Waals surface area contributed by atoms with Crippen molar-refractivity contribution in [1.29, 1.82) is 0 Å². The van der Waals surface area contributed by atoms with Gasteiger partial charge in [-0.3, -0.25) is 0 Å². The summed E-state index contributed by atoms with van der Waals surface area (Å²) >= 11 is 0. The average Bonchev–Trinajstić information content (AvgIpc) is 2.23. The highest BCUT2D eigenvalue weighted by Crippen LogP contribution is 1.93. The fourth-order valence-corrected chi connectivity index (χ4v) is 2.14. The third kappa shape index (κ3) is 9.72. The zero-order chi connectivity index (χ0) is 12.3. The minimum atomic E-state index is -3.18. The lowest BCUT2D eigenvalue weighted by Gasteiger charge is -2.05. The molecule has 0 aliphatic rings. The molecule has 0 aliphatic heterocycles.